The minimum Gasteiger partial charge on any atom is -0.383 e. The van der Waals surface area contributed by atoms with E-state index in [0.29, 0.717) is 61.5 Å². The molecule has 1 saturated heterocycles. The molecular weight excluding hydrogens is 575 g/mol. The van der Waals surface area contributed by atoms with Gasteiger partial charge in [0.25, 0.3) is 0 Å². The summed E-state index contributed by atoms with van der Waals surface area (Å²) >= 11 is 0. The number of rotatable bonds is 10. The van der Waals surface area contributed by atoms with Gasteiger partial charge in [-0.15, -0.1) is 0 Å². The first kappa shape index (κ1) is 32.9. The van der Waals surface area contributed by atoms with Crippen molar-refractivity contribution < 1.29 is 22.7 Å². The largest absolute Gasteiger partial charge is 0.416 e. The van der Waals surface area contributed by atoms with Gasteiger partial charge in [0.1, 0.15) is 17.3 Å². The lowest BCUT2D eigenvalue weighted by Crippen LogP contribution is -2.59. The van der Waals surface area contributed by atoms with Crippen molar-refractivity contribution in [3.63, 3.8) is 0 Å². The van der Waals surface area contributed by atoms with E-state index >= 15 is 0 Å². The van der Waals surface area contributed by atoms with Crippen molar-refractivity contribution in [2.24, 2.45) is 7.05 Å². The molecule has 2 aromatic heterocycles. The number of fused-ring (bicyclic) bond motifs is 1. The Balaban J connectivity index is 1.76. The van der Waals surface area contributed by atoms with Crippen LogP contribution in [0.15, 0.2) is 41.2 Å². The number of aryl methyl sites for hydroxylation is 1. The molecule has 0 spiro atoms. The highest BCUT2D eigenvalue weighted by Gasteiger charge is 2.39. The summed E-state index contributed by atoms with van der Waals surface area (Å²) in [7, 11) is 4.84. The summed E-state index contributed by atoms with van der Waals surface area (Å²) in [5, 5.41) is 9.50. The Morgan fingerprint density at radius 2 is 1.80 bits per heavy atom. The number of methoxy groups -OCH3 is 1. The van der Waals surface area contributed by atoms with Crippen LogP contribution in [0, 0.1) is 11.3 Å². The number of nitrogens with zero attached hydrogens (tertiary/aromatic N) is 7. The number of hydrogen-bond acceptors (Lipinski definition) is 8. The number of aromatic nitrogens is 3. The number of piperazine rings is 1. The maximum atomic E-state index is 13.4. The van der Waals surface area contributed by atoms with Gasteiger partial charge in [-0.1, -0.05) is 26.0 Å². The summed E-state index contributed by atoms with van der Waals surface area (Å²) < 4.78 is 46.7. The number of alkyl halides is 3. The second-order valence-corrected chi connectivity index (χ2v) is 11.1. The number of carbonyl (C=O) groups is 1. The summed E-state index contributed by atoms with van der Waals surface area (Å²) in [4.78, 5) is 41.0. The Morgan fingerprint density at radius 3 is 2.39 bits per heavy atom. The monoisotopic (exact) mass is 613 g/mol. The zero-order valence-electron chi connectivity index (χ0n) is 25.6. The number of hydrogen-bond donors (Lipinski definition) is 0. The normalized spacial score (nSPS) is 18.3. The second-order valence-electron chi connectivity index (χ2n) is 11.1. The van der Waals surface area contributed by atoms with Crippen molar-refractivity contribution in [3.05, 3.63) is 63.7 Å². The molecule has 1 fully saturated rings. The van der Waals surface area contributed by atoms with E-state index in [1.54, 1.807) is 38.2 Å². The van der Waals surface area contributed by atoms with Crippen LogP contribution in [-0.4, -0.2) is 82.7 Å². The summed E-state index contributed by atoms with van der Waals surface area (Å²) in [6.07, 6.45) is -3.09. The zero-order chi connectivity index (χ0) is 32.2. The first-order chi connectivity index (χ1) is 20.9. The maximum Gasteiger partial charge on any atom is 0.416 e. The number of pyridine rings is 1. The van der Waals surface area contributed by atoms with Crippen LogP contribution in [0.1, 0.15) is 56.0 Å². The SMILES string of the molecule is CC[C@H]1CN(C(CC(=O)N(C)CCOC)c2ccc(C(F)(F)F)cc2)[C@H](CC)CN1c1nc(=O)n(C)c2ccc(C#N)nc12. The highest BCUT2D eigenvalue weighted by molar-refractivity contribution is 5.86. The Morgan fingerprint density at radius 1 is 1.11 bits per heavy atom. The van der Waals surface area contributed by atoms with Crippen LogP contribution < -0.4 is 10.6 Å². The zero-order valence-corrected chi connectivity index (χ0v) is 25.6. The molecule has 1 amide bonds. The van der Waals surface area contributed by atoms with Crippen LogP contribution in [0.4, 0.5) is 19.0 Å². The van der Waals surface area contributed by atoms with Gasteiger partial charge in [0.05, 0.1) is 17.7 Å². The van der Waals surface area contributed by atoms with Gasteiger partial charge in [0, 0.05) is 65.4 Å². The lowest BCUT2D eigenvalue weighted by molar-refractivity contribution is -0.137. The van der Waals surface area contributed by atoms with Crippen LogP contribution in [0.5, 0.6) is 0 Å². The van der Waals surface area contributed by atoms with E-state index in [1.807, 2.05) is 13.8 Å². The van der Waals surface area contributed by atoms with E-state index in [2.05, 4.69) is 25.8 Å². The number of nitriles is 1. The predicted molar refractivity (Wildman–Crippen MR) is 160 cm³/mol. The minimum absolute atomic E-state index is 0.0681. The smallest absolute Gasteiger partial charge is 0.383 e. The maximum absolute atomic E-state index is 13.4. The van der Waals surface area contributed by atoms with E-state index in [-0.39, 0.29) is 30.1 Å². The summed E-state index contributed by atoms with van der Waals surface area (Å²) in [5.74, 6) is 0.247. The Kier molecular flexibility index (Phi) is 10.3. The molecule has 10 nitrogen and oxygen atoms in total. The number of amides is 1. The average Bonchev–Trinajstić information content (AvgIpc) is 3.02. The molecule has 236 valence electrons. The lowest BCUT2D eigenvalue weighted by atomic mass is 9.93. The van der Waals surface area contributed by atoms with E-state index in [0.717, 1.165) is 12.1 Å². The molecule has 3 aromatic rings. The number of anilines is 1. The van der Waals surface area contributed by atoms with Gasteiger partial charge in [-0.05, 0) is 42.7 Å². The fraction of sp³-hybridized carbons (Fsp3) is 0.516. The van der Waals surface area contributed by atoms with Crippen LogP contribution in [0.2, 0.25) is 0 Å². The van der Waals surface area contributed by atoms with E-state index < -0.39 is 23.5 Å². The quantitative estimate of drug-likeness (QED) is 0.336. The topological polar surface area (TPSA) is 108 Å². The van der Waals surface area contributed by atoms with Crippen molar-refractivity contribution in [2.45, 2.75) is 57.4 Å². The summed E-state index contributed by atoms with van der Waals surface area (Å²) in [6, 6.07) is 9.55. The molecule has 0 saturated carbocycles. The van der Waals surface area contributed by atoms with Gasteiger partial charge in [-0.3, -0.25) is 14.3 Å². The van der Waals surface area contributed by atoms with Gasteiger partial charge >= 0.3 is 11.9 Å². The molecule has 1 unspecified atom stereocenters. The van der Waals surface area contributed by atoms with E-state index in [1.165, 1.54) is 16.7 Å². The summed E-state index contributed by atoms with van der Waals surface area (Å²) in [6.45, 7) is 5.67. The van der Waals surface area contributed by atoms with Crippen molar-refractivity contribution in [1.82, 2.24) is 24.3 Å². The molecule has 1 aliphatic heterocycles. The van der Waals surface area contributed by atoms with Crippen molar-refractivity contribution in [3.8, 4) is 6.07 Å². The molecular formula is C31H38F3N7O3. The standard InChI is InChI=1S/C31H38F3N7O3/c1-6-23-19-41(29-28-25(39(4)30(43)37-29)13-12-22(17-35)36-28)24(7-2)18-40(23)26(16-27(42)38(3)14-15-44-5)20-8-10-21(11-9-20)31(32,33)34/h8-13,23-24,26H,6-7,14-16,18-19H2,1-5H3/t23-,24+,26?/m1/s1. The molecule has 3 atom stereocenters. The molecule has 1 aromatic carbocycles. The molecule has 0 N–H and O–H groups in total. The van der Waals surface area contributed by atoms with Crippen LogP contribution in [-0.2, 0) is 22.8 Å². The number of benzene rings is 1. The van der Waals surface area contributed by atoms with Crippen LogP contribution in [0.3, 0.4) is 0 Å². The van der Waals surface area contributed by atoms with Gasteiger partial charge in [0.15, 0.2) is 5.82 Å². The Labute approximate surface area is 254 Å². The van der Waals surface area contributed by atoms with Crippen molar-refractivity contribution in [1.29, 1.82) is 5.26 Å². The van der Waals surface area contributed by atoms with Gasteiger partial charge in [-0.2, -0.15) is 23.4 Å². The Bertz CT molecular complexity index is 1570. The third kappa shape index (κ3) is 6.87. The Hall–Kier alpha value is -4.02. The molecule has 0 bridgehead atoms. The fourth-order valence-corrected chi connectivity index (χ4v) is 5.79. The van der Waals surface area contributed by atoms with Gasteiger partial charge in [0.2, 0.25) is 5.91 Å². The highest BCUT2D eigenvalue weighted by Crippen LogP contribution is 2.37. The van der Waals surface area contributed by atoms with Crippen molar-refractivity contribution >= 4 is 22.8 Å². The third-order valence-electron chi connectivity index (χ3n) is 8.45. The van der Waals surface area contributed by atoms with Gasteiger partial charge < -0.3 is 14.5 Å². The van der Waals surface area contributed by atoms with E-state index in [4.69, 9.17) is 4.74 Å². The molecule has 13 heteroatoms. The highest BCUT2D eigenvalue weighted by atomic mass is 19.4. The fourth-order valence-electron chi connectivity index (χ4n) is 5.79. The molecule has 0 radical (unpaired) electrons. The molecule has 44 heavy (non-hydrogen) atoms. The number of likely N-dealkylation sites (N-methyl/N-ethyl adjacent to an activating group) is 1. The van der Waals surface area contributed by atoms with Crippen molar-refractivity contribution in [2.75, 3.05) is 45.3 Å². The molecule has 1 aliphatic rings. The number of halogens is 3. The molecule has 4 rings (SSSR count). The minimum atomic E-state index is -4.48. The lowest BCUT2D eigenvalue weighted by Gasteiger charge is -2.49. The second kappa shape index (κ2) is 13.7. The van der Waals surface area contributed by atoms with Gasteiger partial charge in [-0.25, -0.2) is 9.78 Å². The third-order valence-corrected chi connectivity index (χ3v) is 8.45. The first-order valence-electron chi connectivity index (χ1n) is 14.6. The summed E-state index contributed by atoms with van der Waals surface area (Å²) in [5.41, 5.74) is 0.622. The van der Waals surface area contributed by atoms with Crippen LogP contribution in [0.25, 0.3) is 11.0 Å². The predicted octanol–water partition coefficient (Wildman–Crippen LogP) is 4.13. The number of carbonyl (C=O) groups excluding carboxylic acids is 1. The average molecular weight is 614 g/mol. The molecule has 0 aliphatic carbocycles. The first-order valence-corrected chi connectivity index (χ1v) is 14.6. The number of ether oxygens (including phenoxy) is 1. The van der Waals surface area contributed by atoms with Crippen LogP contribution >= 0.6 is 0 Å². The molecule has 3 heterocycles. The van der Waals surface area contributed by atoms with E-state index in [9.17, 15) is 28.0 Å².